The van der Waals surface area contributed by atoms with E-state index < -0.39 is 15.8 Å². The molecule has 9 heteroatoms. The number of rotatable bonds is 5. The number of primary sulfonamides is 1. The molecule has 0 bridgehead atoms. The van der Waals surface area contributed by atoms with Crippen LogP contribution in [0.4, 0.5) is 27.5 Å². The first-order chi connectivity index (χ1) is 13.5. The van der Waals surface area contributed by atoms with Crippen LogP contribution in [-0.2, 0) is 15.4 Å². The van der Waals surface area contributed by atoms with E-state index in [1.807, 2.05) is 24.3 Å². The summed E-state index contributed by atoms with van der Waals surface area (Å²) in [6, 6.07) is 13.5. The Labute approximate surface area is 169 Å². The van der Waals surface area contributed by atoms with Gasteiger partial charge in [-0.25, -0.2) is 22.9 Å². The standard InChI is InChI=1S/C20H22FN5O2S/c1-20(2,3)13-7-9-14(10-8-13)24-18-17(21)12-23-19(26-18)25-15-5-4-6-16(11-15)29(22,27)28/h4-12H,1-3H3,(H2,22,27,28)(H2,23,24,25,26). The molecule has 0 aliphatic heterocycles. The normalized spacial score (nSPS) is 11.9. The molecule has 7 nitrogen and oxygen atoms in total. The Bertz CT molecular complexity index is 1130. The molecule has 0 amide bonds. The summed E-state index contributed by atoms with van der Waals surface area (Å²) in [7, 11) is -3.84. The molecular weight excluding hydrogens is 393 g/mol. The summed E-state index contributed by atoms with van der Waals surface area (Å²) in [4.78, 5) is 7.98. The quantitative estimate of drug-likeness (QED) is 0.580. The van der Waals surface area contributed by atoms with Crippen molar-refractivity contribution in [3.8, 4) is 0 Å². The smallest absolute Gasteiger partial charge is 0.238 e. The van der Waals surface area contributed by atoms with Crippen molar-refractivity contribution in [2.75, 3.05) is 10.6 Å². The van der Waals surface area contributed by atoms with Gasteiger partial charge in [0.25, 0.3) is 0 Å². The number of aromatic nitrogens is 2. The van der Waals surface area contributed by atoms with Gasteiger partial charge in [-0.15, -0.1) is 0 Å². The minimum absolute atomic E-state index is 0.00592. The molecule has 3 rings (SSSR count). The second kappa shape index (κ2) is 7.76. The molecule has 152 valence electrons. The Morgan fingerprint density at radius 1 is 1.00 bits per heavy atom. The summed E-state index contributed by atoms with van der Waals surface area (Å²) >= 11 is 0. The van der Waals surface area contributed by atoms with Gasteiger partial charge in [-0.3, -0.25) is 0 Å². The predicted molar refractivity (Wildman–Crippen MR) is 112 cm³/mol. The largest absolute Gasteiger partial charge is 0.338 e. The number of hydrogen-bond donors (Lipinski definition) is 3. The maximum absolute atomic E-state index is 14.2. The molecular formula is C20H22FN5O2S. The molecule has 4 N–H and O–H groups in total. The highest BCUT2D eigenvalue weighted by Gasteiger charge is 2.14. The number of nitrogens with zero attached hydrogens (tertiary/aromatic N) is 2. The van der Waals surface area contributed by atoms with Crippen LogP contribution in [0, 0.1) is 5.82 Å². The fraction of sp³-hybridized carbons (Fsp3) is 0.200. The van der Waals surface area contributed by atoms with Gasteiger partial charge in [-0.05, 0) is 41.3 Å². The topological polar surface area (TPSA) is 110 Å². The lowest BCUT2D eigenvalue weighted by Gasteiger charge is -2.19. The number of halogens is 1. The van der Waals surface area contributed by atoms with Crippen molar-refractivity contribution in [1.82, 2.24) is 9.97 Å². The zero-order valence-corrected chi connectivity index (χ0v) is 17.1. The first-order valence-electron chi connectivity index (χ1n) is 8.82. The number of sulfonamides is 1. The van der Waals surface area contributed by atoms with Gasteiger partial charge in [-0.2, -0.15) is 4.98 Å². The monoisotopic (exact) mass is 415 g/mol. The second-order valence-corrected chi connectivity index (χ2v) is 9.10. The summed E-state index contributed by atoms with van der Waals surface area (Å²) in [5.41, 5.74) is 2.26. The number of hydrogen-bond acceptors (Lipinski definition) is 6. The van der Waals surface area contributed by atoms with E-state index in [1.54, 1.807) is 6.07 Å². The Hall–Kier alpha value is -3.04. The van der Waals surface area contributed by atoms with Crippen LogP contribution in [0.15, 0.2) is 59.6 Å². The molecule has 1 heterocycles. The summed E-state index contributed by atoms with van der Waals surface area (Å²) < 4.78 is 37.1. The van der Waals surface area contributed by atoms with Crippen molar-refractivity contribution in [2.24, 2.45) is 5.14 Å². The molecule has 0 saturated heterocycles. The SMILES string of the molecule is CC(C)(C)c1ccc(Nc2nc(Nc3cccc(S(N)(=O)=O)c3)ncc2F)cc1. The van der Waals surface area contributed by atoms with Crippen LogP contribution < -0.4 is 15.8 Å². The van der Waals surface area contributed by atoms with Crippen LogP contribution in [0.2, 0.25) is 0 Å². The zero-order valence-electron chi connectivity index (χ0n) is 16.3. The number of nitrogens with two attached hydrogens (primary N) is 1. The third-order valence-electron chi connectivity index (χ3n) is 4.18. The lowest BCUT2D eigenvalue weighted by atomic mass is 9.87. The van der Waals surface area contributed by atoms with Crippen LogP contribution in [0.1, 0.15) is 26.3 Å². The van der Waals surface area contributed by atoms with Gasteiger partial charge in [0.2, 0.25) is 16.0 Å². The lowest BCUT2D eigenvalue weighted by Crippen LogP contribution is -2.12. The van der Waals surface area contributed by atoms with Gasteiger partial charge in [0.05, 0.1) is 11.1 Å². The maximum Gasteiger partial charge on any atom is 0.238 e. The fourth-order valence-corrected chi connectivity index (χ4v) is 3.14. The average molecular weight is 415 g/mol. The van der Waals surface area contributed by atoms with Crippen LogP contribution in [0.3, 0.4) is 0 Å². The second-order valence-electron chi connectivity index (χ2n) is 7.54. The highest BCUT2D eigenvalue weighted by molar-refractivity contribution is 7.89. The van der Waals surface area contributed by atoms with Crippen LogP contribution in [-0.4, -0.2) is 18.4 Å². The van der Waals surface area contributed by atoms with Gasteiger partial charge in [-0.1, -0.05) is 39.0 Å². The van der Waals surface area contributed by atoms with E-state index in [0.29, 0.717) is 11.4 Å². The van der Waals surface area contributed by atoms with E-state index in [4.69, 9.17) is 5.14 Å². The highest BCUT2D eigenvalue weighted by Crippen LogP contribution is 2.26. The Balaban J connectivity index is 1.82. The molecule has 0 aliphatic rings. The Kier molecular flexibility index (Phi) is 5.54. The highest BCUT2D eigenvalue weighted by atomic mass is 32.2. The minimum atomic E-state index is -3.84. The van der Waals surface area contributed by atoms with Crippen molar-refractivity contribution in [2.45, 2.75) is 31.1 Å². The van der Waals surface area contributed by atoms with Crippen molar-refractivity contribution >= 4 is 33.2 Å². The van der Waals surface area contributed by atoms with E-state index in [9.17, 15) is 12.8 Å². The molecule has 0 aliphatic carbocycles. The first kappa shape index (κ1) is 20.7. The third-order valence-corrected chi connectivity index (χ3v) is 5.09. The fourth-order valence-electron chi connectivity index (χ4n) is 2.59. The predicted octanol–water partition coefficient (Wildman–Crippen LogP) is 4.05. The summed E-state index contributed by atoms with van der Waals surface area (Å²) in [5, 5.41) is 10.9. The molecule has 3 aromatic rings. The van der Waals surface area contributed by atoms with Crippen LogP contribution in [0.5, 0.6) is 0 Å². The van der Waals surface area contributed by atoms with Gasteiger partial charge < -0.3 is 10.6 Å². The maximum atomic E-state index is 14.2. The van der Waals surface area contributed by atoms with Crippen molar-refractivity contribution in [3.63, 3.8) is 0 Å². The van der Waals surface area contributed by atoms with Crippen molar-refractivity contribution in [1.29, 1.82) is 0 Å². The van der Waals surface area contributed by atoms with Gasteiger partial charge >= 0.3 is 0 Å². The van der Waals surface area contributed by atoms with E-state index in [-0.39, 0.29) is 22.1 Å². The molecule has 0 spiro atoms. The van der Waals surface area contributed by atoms with Gasteiger partial charge in [0.1, 0.15) is 0 Å². The summed E-state index contributed by atoms with van der Waals surface area (Å²) in [6.45, 7) is 6.34. The number of anilines is 4. The molecule has 0 saturated carbocycles. The Morgan fingerprint density at radius 3 is 2.31 bits per heavy atom. The van der Waals surface area contributed by atoms with Crippen LogP contribution in [0.25, 0.3) is 0 Å². The van der Waals surface area contributed by atoms with E-state index in [0.717, 1.165) is 11.8 Å². The lowest BCUT2D eigenvalue weighted by molar-refractivity contribution is 0.590. The van der Waals surface area contributed by atoms with E-state index in [2.05, 4.69) is 41.4 Å². The molecule has 29 heavy (non-hydrogen) atoms. The average Bonchev–Trinajstić information content (AvgIpc) is 2.64. The van der Waals surface area contributed by atoms with E-state index >= 15 is 0 Å². The Morgan fingerprint density at radius 2 is 1.69 bits per heavy atom. The first-order valence-corrected chi connectivity index (χ1v) is 10.4. The van der Waals surface area contributed by atoms with Gasteiger partial charge in [0, 0.05) is 11.4 Å². The van der Waals surface area contributed by atoms with Crippen molar-refractivity contribution in [3.05, 3.63) is 66.1 Å². The summed E-state index contributed by atoms with van der Waals surface area (Å²) in [5.74, 6) is -0.519. The molecule has 0 radical (unpaired) electrons. The molecule has 0 unspecified atom stereocenters. The molecule has 0 atom stereocenters. The molecule has 0 fully saturated rings. The number of nitrogens with one attached hydrogen (secondary N) is 2. The molecule has 2 aromatic carbocycles. The van der Waals surface area contributed by atoms with Crippen molar-refractivity contribution < 1.29 is 12.8 Å². The molecule has 1 aromatic heterocycles. The third kappa shape index (κ3) is 5.27. The van der Waals surface area contributed by atoms with Crippen LogP contribution >= 0.6 is 0 Å². The van der Waals surface area contributed by atoms with E-state index in [1.165, 1.54) is 18.2 Å². The van der Waals surface area contributed by atoms with Gasteiger partial charge in [0.15, 0.2) is 11.6 Å². The zero-order chi connectivity index (χ0) is 21.2. The minimum Gasteiger partial charge on any atom is -0.338 e. The summed E-state index contributed by atoms with van der Waals surface area (Å²) in [6.07, 6.45) is 1.03. The number of benzene rings is 2.